The van der Waals surface area contributed by atoms with Gasteiger partial charge in [-0.3, -0.25) is 0 Å². The Morgan fingerprint density at radius 2 is 2.05 bits per heavy atom. The molecule has 2 atom stereocenters. The molecular weight excluding hydrogens is 265 g/mol. The summed E-state index contributed by atoms with van der Waals surface area (Å²) in [6.07, 6.45) is -0.887. The number of benzene rings is 1. The maximum Gasteiger partial charge on any atom is 0.131 e. The maximum atomic E-state index is 13.5. The van der Waals surface area contributed by atoms with E-state index < -0.39 is 11.9 Å². The molecule has 0 bridgehead atoms. The van der Waals surface area contributed by atoms with Gasteiger partial charge >= 0.3 is 0 Å². The topological polar surface area (TPSA) is 73.9 Å². The van der Waals surface area contributed by atoms with Gasteiger partial charge in [-0.25, -0.2) is 4.39 Å². The SMILES string of the molecule is COCC(C)OCC(O)COc1ccc(CN)c(F)c1. The largest absolute Gasteiger partial charge is 0.491 e. The van der Waals surface area contributed by atoms with Gasteiger partial charge in [0.1, 0.15) is 24.3 Å². The van der Waals surface area contributed by atoms with Crippen molar-refractivity contribution in [3.05, 3.63) is 29.6 Å². The van der Waals surface area contributed by atoms with Crippen molar-refractivity contribution < 1.29 is 23.7 Å². The van der Waals surface area contributed by atoms with Crippen LogP contribution in [-0.4, -0.2) is 44.2 Å². The third kappa shape index (κ3) is 5.83. The molecule has 0 spiro atoms. The Morgan fingerprint density at radius 3 is 2.65 bits per heavy atom. The fourth-order valence-electron chi connectivity index (χ4n) is 1.58. The van der Waals surface area contributed by atoms with Gasteiger partial charge in [0.05, 0.1) is 19.3 Å². The minimum atomic E-state index is -0.786. The number of ether oxygens (including phenoxy) is 3. The lowest BCUT2D eigenvalue weighted by Gasteiger charge is -2.16. The van der Waals surface area contributed by atoms with Crippen LogP contribution in [-0.2, 0) is 16.0 Å². The zero-order valence-corrected chi connectivity index (χ0v) is 11.8. The highest BCUT2D eigenvalue weighted by atomic mass is 19.1. The molecular formula is C14H22FNO4. The molecule has 0 heterocycles. The van der Waals surface area contributed by atoms with Gasteiger partial charge in [-0.2, -0.15) is 0 Å². The van der Waals surface area contributed by atoms with Gasteiger partial charge in [-0.15, -0.1) is 0 Å². The van der Waals surface area contributed by atoms with E-state index in [-0.39, 0.29) is 25.9 Å². The molecule has 20 heavy (non-hydrogen) atoms. The molecule has 0 aliphatic carbocycles. The van der Waals surface area contributed by atoms with Gasteiger partial charge in [-0.05, 0) is 13.0 Å². The zero-order chi connectivity index (χ0) is 15.0. The molecule has 0 radical (unpaired) electrons. The monoisotopic (exact) mass is 287 g/mol. The quantitative estimate of drug-likeness (QED) is 0.711. The molecule has 6 heteroatoms. The van der Waals surface area contributed by atoms with Gasteiger partial charge in [-0.1, -0.05) is 6.07 Å². The fraction of sp³-hybridized carbons (Fsp3) is 0.571. The van der Waals surface area contributed by atoms with E-state index in [4.69, 9.17) is 19.9 Å². The molecule has 1 aromatic rings. The first kappa shape index (κ1) is 16.8. The second kappa shape index (κ2) is 8.86. The highest BCUT2D eigenvalue weighted by Crippen LogP contribution is 2.16. The molecule has 0 aromatic heterocycles. The molecule has 114 valence electrons. The Hall–Kier alpha value is -1.21. The molecule has 0 fully saturated rings. The Labute approximate surface area is 118 Å². The van der Waals surface area contributed by atoms with Gasteiger partial charge in [0.25, 0.3) is 0 Å². The van der Waals surface area contributed by atoms with Crippen LogP contribution < -0.4 is 10.5 Å². The number of rotatable bonds is 9. The summed E-state index contributed by atoms with van der Waals surface area (Å²) in [4.78, 5) is 0. The molecule has 1 rings (SSSR count). The van der Waals surface area contributed by atoms with E-state index in [1.165, 1.54) is 6.07 Å². The number of hydrogen-bond acceptors (Lipinski definition) is 5. The summed E-state index contributed by atoms with van der Waals surface area (Å²) in [6.45, 7) is 2.60. The number of hydrogen-bond donors (Lipinski definition) is 2. The average molecular weight is 287 g/mol. The predicted octanol–water partition coefficient (Wildman–Crippen LogP) is 1.08. The van der Waals surface area contributed by atoms with Crippen molar-refractivity contribution >= 4 is 0 Å². The number of aliphatic hydroxyl groups excluding tert-OH is 1. The number of aliphatic hydroxyl groups is 1. The Kier molecular flexibility index (Phi) is 7.46. The van der Waals surface area contributed by atoms with E-state index in [1.807, 2.05) is 6.92 Å². The summed E-state index contributed by atoms with van der Waals surface area (Å²) in [6, 6.07) is 4.43. The van der Waals surface area contributed by atoms with Crippen LogP contribution in [0.25, 0.3) is 0 Å². The van der Waals surface area contributed by atoms with Crippen LogP contribution in [0.1, 0.15) is 12.5 Å². The zero-order valence-electron chi connectivity index (χ0n) is 11.8. The van der Waals surface area contributed by atoms with Crippen molar-refractivity contribution in [2.45, 2.75) is 25.7 Å². The molecule has 0 aliphatic rings. The highest BCUT2D eigenvalue weighted by molar-refractivity contribution is 5.28. The smallest absolute Gasteiger partial charge is 0.131 e. The van der Waals surface area contributed by atoms with Crippen LogP contribution in [0.3, 0.4) is 0 Å². The Balaban J connectivity index is 2.33. The first-order valence-electron chi connectivity index (χ1n) is 6.46. The van der Waals surface area contributed by atoms with Crippen molar-refractivity contribution in [1.82, 2.24) is 0 Å². The van der Waals surface area contributed by atoms with Crippen molar-refractivity contribution in [3.63, 3.8) is 0 Å². The van der Waals surface area contributed by atoms with Crippen molar-refractivity contribution in [3.8, 4) is 5.75 Å². The summed E-state index contributed by atoms with van der Waals surface area (Å²) >= 11 is 0. The van der Waals surface area contributed by atoms with Crippen LogP contribution >= 0.6 is 0 Å². The first-order valence-corrected chi connectivity index (χ1v) is 6.46. The standard InChI is InChI=1S/C14H22FNO4/c1-10(7-18-2)19-8-12(17)9-20-13-4-3-11(6-16)14(15)5-13/h3-5,10,12,17H,6-9,16H2,1-2H3. The molecule has 0 saturated carbocycles. The minimum Gasteiger partial charge on any atom is -0.491 e. The lowest BCUT2D eigenvalue weighted by atomic mass is 10.2. The number of methoxy groups -OCH3 is 1. The van der Waals surface area contributed by atoms with Gasteiger partial charge < -0.3 is 25.1 Å². The van der Waals surface area contributed by atoms with E-state index in [0.717, 1.165) is 0 Å². The third-order valence-corrected chi connectivity index (χ3v) is 2.66. The predicted molar refractivity (Wildman–Crippen MR) is 73.1 cm³/mol. The van der Waals surface area contributed by atoms with Crippen LogP contribution in [0.2, 0.25) is 0 Å². The first-order chi connectivity index (χ1) is 9.56. The van der Waals surface area contributed by atoms with Gasteiger partial charge in [0.2, 0.25) is 0 Å². The van der Waals surface area contributed by atoms with E-state index in [9.17, 15) is 9.50 Å². The van der Waals surface area contributed by atoms with E-state index >= 15 is 0 Å². The third-order valence-electron chi connectivity index (χ3n) is 2.66. The van der Waals surface area contributed by atoms with Crippen LogP contribution in [0, 0.1) is 5.82 Å². The number of halogens is 1. The van der Waals surface area contributed by atoms with E-state index in [0.29, 0.717) is 17.9 Å². The molecule has 0 saturated heterocycles. The second-order valence-electron chi connectivity index (χ2n) is 4.52. The van der Waals surface area contributed by atoms with Gasteiger partial charge in [0, 0.05) is 25.3 Å². The summed E-state index contributed by atoms with van der Waals surface area (Å²) in [5, 5.41) is 9.69. The number of nitrogens with two attached hydrogens (primary N) is 1. The summed E-state index contributed by atoms with van der Waals surface area (Å²) in [7, 11) is 1.58. The lowest BCUT2D eigenvalue weighted by molar-refractivity contribution is -0.0423. The normalized spacial score (nSPS) is 14.1. The van der Waals surface area contributed by atoms with Crippen molar-refractivity contribution in [2.75, 3.05) is 26.9 Å². The van der Waals surface area contributed by atoms with Crippen LogP contribution in [0.15, 0.2) is 18.2 Å². The molecule has 5 nitrogen and oxygen atoms in total. The second-order valence-corrected chi connectivity index (χ2v) is 4.52. The van der Waals surface area contributed by atoms with E-state index in [1.54, 1.807) is 19.2 Å². The summed E-state index contributed by atoms with van der Waals surface area (Å²) in [5.41, 5.74) is 5.79. The van der Waals surface area contributed by atoms with Crippen molar-refractivity contribution in [1.29, 1.82) is 0 Å². The Morgan fingerprint density at radius 1 is 1.30 bits per heavy atom. The van der Waals surface area contributed by atoms with E-state index in [2.05, 4.69) is 0 Å². The van der Waals surface area contributed by atoms with Crippen molar-refractivity contribution in [2.24, 2.45) is 5.73 Å². The maximum absolute atomic E-state index is 13.5. The minimum absolute atomic E-state index is 0.0289. The Bertz CT molecular complexity index is 403. The average Bonchev–Trinajstić information content (AvgIpc) is 2.43. The lowest BCUT2D eigenvalue weighted by Crippen LogP contribution is -2.27. The van der Waals surface area contributed by atoms with Gasteiger partial charge in [0.15, 0.2) is 0 Å². The van der Waals surface area contributed by atoms with Crippen LogP contribution in [0.5, 0.6) is 5.75 Å². The molecule has 0 aliphatic heterocycles. The summed E-state index contributed by atoms with van der Waals surface area (Å²) in [5.74, 6) is -0.0619. The van der Waals surface area contributed by atoms with Crippen LogP contribution in [0.4, 0.5) is 4.39 Å². The molecule has 2 unspecified atom stereocenters. The summed E-state index contributed by atoms with van der Waals surface area (Å²) < 4.78 is 29.0. The molecule has 0 amide bonds. The molecule has 1 aromatic carbocycles. The molecule has 3 N–H and O–H groups in total. The highest BCUT2D eigenvalue weighted by Gasteiger charge is 2.10. The fourth-order valence-corrected chi connectivity index (χ4v) is 1.58.